The molecule has 0 spiro atoms. The molecule has 3 aromatic rings. The van der Waals surface area contributed by atoms with E-state index in [9.17, 15) is 13.2 Å². The van der Waals surface area contributed by atoms with Gasteiger partial charge in [0.2, 0.25) is 11.0 Å². The molecule has 3 heterocycles. The summed E-state index contributed by atoms with van der Waals surface area (Å²) < 4.78 is 32.9. The molecule has 2 aromatic heterocycles. The lowest BCUT2D eigenvalue weighted by atomic mass is 9.99. The number of carbonyl (C=O) groups is 1. The highest BCUT2D eigenvalue weighted by atomic mass is 32.2. The van der Waals surface area contributed by atoms with Crippen LogP contribution in [0.15, 0.2) is 64.2 Å². The Labute approximate surface area is 169 Å². The number of piperidine rings is 1. The van der Waals surface area contributed by atoms with Gasteiger partial charge in [-0.1, -0.05) is 30.3 Å². The number of aromatic nitrogens is 2. The van der Waals surface area contributed by atoms with Gasteiger partial charge in [-0.25, -0.2) is 8.42 Å². The van der Waals surface area contributed by atoms with E-state index in [1.807, 2.05) is 30.3 Å². The number of hydrogen-bond donors (Lipinski definition) is 2. The molecule has 0 radical (unpaired) electrons. The SMILES string of the molecule is O=C(NCc1ccccc1)[C@@H]1CCCN(S(=O)(=O)c2ccc(-c3ccn[nH]3)o2)C1. The number of hydrogen-bond acceptors (Lipinski definition) is 5. The minimum Gasteiger partial charge on any atom is -0.442 e. The number of amides is 1. The number of sulfonamides is 1. The minimum atomic E-state index is -3.81. The van der Waals surface area contributed by atoms with Crippen LogP contribution in [0.4, 0.5) is 0 Å². The quantitative estimate of drug-likeness (QED) is 0.644. The van der Waals surface area contributed by atoms with Gasteiger partial charge in [0.1, 0.15) is 5.69 Å². The van der Waals surface area contributed by atoms with E-state index < -0.39 is 10.0 Å². The van der Waals surface area contributed by atoms with Gasteiger partial charge in [-0.05, 0) is 36.6 Å². The van der Waals surface area contributed by atoms with Crippen LogP contribution in [0.5, 0.6) is 0 Å². The molecule has 8 nitrogen and oxygen atoms in total. The fourth-order valence-corrected chi connectivity index (χ4v) is 4.86. The summed E-state index contributed by atoms with van der Waals surface area (Å²) in [6.07, 6.45) is 2.84. The largest absolute Gasteiger partial charge is 0.442 e. The molecule has 4 rings (SSSR count). The van der Waals surface area contributed by atoms with E-state index in [0.717, 1.165) is 5.56 Å². The molecule has 1 aliphatic heterocycles. The highest BCUT2D eigenvalue weighted by Gasteiger charge is 2.35. The Morgan fingerprint density at radius 3 is 2.79 bits per heavy atom. The van der Waals surface area contributed by atoms with Crippen LogP contribution in [0.1, 0.15) is 18.4 Å². The Bertz CT molecular complexity index is 1060. The lowest BCUT2D eigenvalue weighted by Gasteiger charge is -2.30. The molecule has 0 aliphatic carbocycles. The first-order valence-electron chi connectivity index (χ1n) is 9.45. The van der Waals surface area contributed by atoms with Crippen molar-refractivity contribution in [1.29, 1.82) is 0 Å². The van der Waals surface area contributed by atoms with E-state index >= 15 is 0 Å². The molecule has 1 amide bonds. The van der Waals surface area contributed by atoms with Gasteiger partial charge < -0.3 is 9.73 Å². The van der Waals surface area contributed by atoms with Crippen LogP contribution in [-0.4, -0.2) is 41.9 Å². The van der Waals surface area contributed by atoms with Gasteiger partial charge in [-0.3, -0.25) is 9.89 Å². The monoisotopic (exact) mass is 414 g/mol. The summed E-state index contributed by atoms with van der Waals surface area (Å²) in [5.41, 5.74) is 1.60. The van der Waals surface area contributed by atoms with Gasteiger partial charge in [-0.2, -0.15) is 9.40 Å². The van der Waals surface area contributed by atoms with Crippen LogP contribution in [0, 0.1) is 5.92 Å². The van der Waals surface area contributed by atoms with Crippen LogP contribution >= 0.6 is 0 Å². The van der Waals surface area contributed by atoms with Crippen molar-refractivity contribution in [3.05, 3.63) is 60.3 Å². The van der Waals surface area contributed by atoms with E-state index in [1.54, 1.807) is 18.3 Å². The standard InChI is InChI=1S/C20H22N4O4S/c25-20(21-13-15-5-2-1-3-6-15)16-7-4-12-24(14-16)29(26,27)19-9-8-18(28-19)17-10-11-22-23-17/h1-3,5-6,8-11,16H,4,7,12-14H2,(H,21,25)(H,22,23)/t16-/m1/s1. The van der Waals surface area contributed by atoms with Crippen LogP contribution in [0.3, 0.4) is 0 Å². The zero-order chi connectivity index (χ0) is 20.3. The predicted molar refractivity (Wildman–Crippen MR) is 106 cm³/mol. The summed E-state index contributed by atoms with van der Waals surface area (Å²) in [5, 5.41) is 9.36. The highest BCUT2D eigenvalue weighted by molar-refractivity contribution is 7.89. The number of carbonyl (C=O) groups excluding carboxylic acids is 1. The van der Waals surface area contributed by atoms with Crippen molar-refractivity contribution in [2.75, 3.05) is 13.1 Å². The molecule has 2 N–H and O–H groups in total. The maximum absolute atomic E-state index is 13.0. The van der Waals surface area contributed by atoms with Crippen molar-refractivity contribution in [3.63, 3.8) is 0 Å². The maximum atomic E-state index is 13.0. The second-order valence-electron chi connectivity index (χ2n) is 6.99. The minimum absolute atomic E-state index is 0.132. The van der Waals surface area contributed by atoms with E-state index in [2.05, 4.69) is 15.5 Å². The predicted octanol–water partition coefficient (Wildman–Crippen LogP) is 2.39. The average Bonchev–Trinajstić information content (AvgIpc) is 3.45. The molecular formula is C20H22N4O4S. The second-order valence-corrected chi connectivity index (χ2v) is 8.86. The van der Waals surface area contributed by atoms with E-state index in [4.69, 9.17) is 4.42 Å². The molecule has 0 saturated carbocycles. The van der Waals surface area contributed by atoms with E-state index in [0.29, 0.717) is 37.4 Å². The molecule has 152 valence electrons. The molecular weight excluding hydrogens is 392 g/mol. The van der Waals surface area contributed by atoms with E-state index in [-0.39, 0.29) is 23.5 Å². The molecule has 1 aromatic carbocycles. The first kappa shape index (κ1) is 19.4. The number of nitrogens with zero attached hydrogens (tertiary/aromatic N) is 2. The second kappa shape index (κ2) is 8.22. The summed E-state index contributed by atoms with van der Waals surface area (Å²) in [4.78, 5) is 12.6. The normalized spacial score (nSPS) is 17.9. The lowest BCUT2D eigenvalue weighted by molar-refractivity contribution is -0.126. The molecule has 1 aliphatic rings. The molecule has 1 fully saturated rings. The number of rotatable bonds is 6. The summed E-state index contributed by atoms with van der Waals surface area (Å²) in [6, 6.07) is 14.3. The van der Waals surface area contributed by atoms with Crippen molar-refractivity contribution in [3.8, 4) is 11.5 Å². The van der Waals surface area contributed by atoms with Gasteiger partial charge >= 0.3 is 0 Å². The van der Waals surface area contributed by atoms with Crippen molar-refractivity contribution in [2.24, 2.45) is 5.92 Å². The average molecular weight is 414 g/mol. The van der Waals surface area contributed by atoms with Gasteiger partial charge in [0.25, 0.3) is 10.0 Å². The molecule has 1 atom stereocenters. The van der Waals surface area contributed by atoms with E-state index in [1.165, 1.54) is 10.4 Å². The van der Waals surface area contributed by atoms with Crippen molar-refractivity contribution < 1.29 is 17.6 Å². The molecule has 1 saturated heterocycles. The zero-order valence-electron chi connectivity index (χ0n) is 15.7. The molecule has 0 unspecified atom stereocenters. The maximum Gasteiger partial charge on any atom is 0.276 e. The number of aromatic amines is 1. The Morgan fingerprint density at radius 1 is 1.21 bits per heavy atom. The number of furan rings is 1. The fraction of sp³-hybridized carbons (Fsp3) is 0.300. The van der Waals surface area contributed by atoms with Gasteiger partial charge in [0.15, 0.2) is 5.76 Å². The van der Waals surface area contributed by atoms with Crippen LogP contribution in [0.2, 0.25) is 0 Å². The van der Waals surface area contributed by atoms with Gasteiger partial charge in [0, 0.05) is 25.8 Å². The van der Waals surface area contributed by atoms with Crippen LogP contribution in [-0.2, 0) is 21.4 Å². The Hall–Kier alpha value is -2.91. The number of benzene rings is 1. The fourth-order valence-electron chi connectivity index (χ4n) is 3.43. The molecule has 9 heteroatoms. The zero-order valence-corrected chi connectivity index (χ0v) is 16.6. The summed E-state index contributed by atoms with van der Waals surface area (Å²) in [6.45, 7) is 0.933. The Morgan fingerprint density at radius 2 is 2.03 bits per heavy atom. The van der Waals surface area contributed by atoms with Crippen molar-refractivity contribution in [2.45, 2.75) is 24.5 Å². The smallest absolute Gasteiger partial charge is 0.276 e. The van der Waals surface area contributed by atoms with Crippen LogP contribution in [0.25, 0.3) is 11.5 Å². The highest BCUT2D eigenvalue weighted by Crippen LogP contribution is 2.28. The first-order chi connectivity index (χ1) is 14.0. The summed E-state index contributed by atoms with van der Waals surface area (Å²) in [5.74, 6) is -0.120. The molecule has 29 heavy (non-hydrogen) atoms. The third kappa shape index (κ3) is 4.25. The van der Waals surface area contributed by atoms with Gasteiger partial charge in [0.05, 0.1) is 5.92 Å². The summed E-state index contributed by atoms with van der Waals surface area (Å²) >= 11 is 0. The number of nitrogens with one attached hydrogen (secondary N) is 2. The van der Waals surface area contributed by atoms with Crippen molar-refractivity contribution in [1.82, 2.24) is 19.8 Å². The third-order valence-electron chi connectivity index (χ3n) is 5.01. The molecule has 0 bridgehead atoms. The Balaban J connectivity index is 1.42. The Kier molecular flexibility index (Phi) is 5.50. The lowest BCUT2D eigenvalue weighted by Crippen LogP contribution is -2.45. The third-order valence-corrected chi connectivity index (χ3v) is 6.75. The van der Waals surface area contributed by atoms with Crippen molar-refractivity contribution >= 4 is 15.9 Å². The number of H-pyrrole nitrogens is 1. The topological polar surface area (TPSA) is 108 Å². The van der Waals surface area contributed by atoms with Gasteiger partial charge in [-0.15, -0.1) is 0 Å². The summed E-state index contributed by atoms with van der Waals surface area (Å²) in [7, 11) is -3.81. The first-order valence-corrected chi connectivity index (χ1v) is 10.9. The van der Waals surface area contributed by atoms with Crippen LogP contribution < -0.4 is 5.32 Å².